The zero-order valence-electron chi connectivity index (χ0n) is 15.9. The lowest BCUT2D eigenvalue weighted by Gasteiger charge is -2.09. The monoisotopic (exact) mass is 436 g/mol. The molecule has 3 aromatic rings. The fourth-order valence-corrected chi connectivity index (χ4v) is 3.16. The molecule has 0 amide bonds. The number of anilines is 1. The van der Waals surface area contributed by atoms with Crippen LogP contribution in [0.4, 0.5) is 24.5 Å². The number of aryl methyl sites for hydroxylation is 1. The Kier molecular flexibility index (Phi) is 5.84. The van der Waals surface area contributed by atoms with Crippen molar-refractivity contribution in [2.75, 3.05) is 5.43 Å². The molecule has 0 fully saturated rings. The molecule has 0 aliphatic heterocycles. The summed E-state index contributed by atoms with van der Waals surface area (Å²) < 4.78 is 40.4. The largest absolute Gasteiger partial charge is 0.416 e. The van der Waals surface area contributed by atoms with E-state index in [-0.39, 0.29) is 5.69 Å². The van der Waals surface area contributed by atoms with E-state index in [1.807, 2.05) is 36.6 Å². The Morgan fingerprint density at radius 2 is 1.80 bits per heavy atom. The van der Waals surface area contributed by atoms with Gasteiger partial charge in [0.25, 0.3) is 5.69 Å². The summed E-state index contributed by atoms with van der Waals surface area (Å²) >= 11 is 5.93. The van der Waals surface area contributed by atoms with E-state index in [1.165, 1.54) is 6.21 Å². The second kappa shape index (κ2) is 8.19. The van der Waals surface area contributed by atoms with Crippen LogP contribution in [0.2, 0.25) is 5.02 Å². The van der Waals surface area contributed by atoms with E-state index in [4.69, 9.17) is 11.6 Å². The van der Waals surface area contributed by atoms with Gasteiger partial charge < -0.3 is 4.57 Å². The maximum absolute atomic E-state index is 12.8. The number of halogens is 4. The van der Waals surface area contributed by atoms with E-state index < -0.39 is 22.4 Å². The first-order chi connectivity index (χ1) is 14.1. The number of nitrogens with one attached hydrogen (secondary N) is 1. The number of aromatic nitrogens is 1. The minimum absolute atomic E-state index is 0.143. The van der Waals surface area contributed by atoms with Gasteiger partial charge in [-0.1, -0.05) is 11.6 Å². The van der Waals surface area contributed by atoms with Gasteiger partial charge in [0.2, 0.25) is 0 Å². The van der Waals surface area contributed by atoms with Gasteiger partial charge in [-0.05, 0) is 56.3 Å². The molecule has 156 valence electrons. The average Bonchev–Trinajstić information content (AvgIpc) is 2.95. The number of nitro benzene ring substituents is 1. The van der Waals surface area contributed by atoms with Crippen molar-refractivity contribution in [2.45, 2.75) is 20.0 Å². The number of hydrogen-bond acceptors (Lipinski definition) is 4. The predicted octanol–water partition coefficient (Wildman–Crippen LogP) is 6.12. The Labute approximate surface area is 174 Å². The lowest BCUT2D eigenvalue weighted by molar-refractivity contribution is -0.384. The molecule has 0 atom stereocenters. The smallest absolute Gasteiger partial charge is 0.318 e. The van der Waals surface area contributed by atoms with Crippen LogP contribution < -0.4 is 5.43 Å². The van der Waals surface area contributed by atoms with Gasteiger partial charge in [0.1, 0.15) is 5.69 Å². The molecule has 10 heteroatoms. The lowest BCUT2D eigenvalue weighted by atomic mass is 10.1. The highest BCUT2D eigenvalue weighted by molar-refractivity contribution is 6.30. The van der Waals surface area contributed by atoms with Crippen LogP contribution in [0.3, 0.4) is 0 Å². The van der Waals surface area contributed by atoms with Crippen LogP contribution in [0.25, 0.3) is 5.69 Å². The Bertz CT molecular complexity index is 1120. The van der Waals surface area contributed by atoms with Crippen LogP contribution in [0, 0.1) is 24.0 Å². The van der Waals surface area contributed by atoms with E-state index in [0.717, 1.165) is 34.8 Å². The number of rotatable bonds is 5. The topological polar surface area (TPSA) is 72.5 Å². The van der Waals surface area contributed by atoms with Crippen LogP contribution in [-0.2, 0) is 6.18 Å². The third-order valence-electron chi connectivity index (χ3n) is 4.47. The summed E-state index contributed by atoms with van der Waals surface area (Å²) in [4.78, 5) is 10.3. The molecule has 0 bridgehead atoms. The molecule has 30 heavy (non-hydrogen) atoms. The molecule has 0 aliphatic rings. The summed E-state index contributed by atoms with van der Waals surface area (Å²) in [5, 5.41) is 15.7. The van der Waals surface area contributed by atoms with Crippen molar-refractivity contribution >= 4 is 29.2 Å². The zero-order valence-corrected chi connectivity index (χ0v) is 16.6. The van der Waals surface area contributed by atoms with Gasteiger partial charge in [-0.15, -0.1) is 0 Å². The third-order valence-corrected chi connectivity index (χ3v) is 4.72. The fraction of sp³-hybridized carbons (Fsp3) is 0.150. The highest BCUT2D eigenvalue weighted by atomic mass is 35.5. The van der Waals surface area contributed by atoms with Crippen LogP contribution in [-0.4, -0.2) is 15.7 Å². The zero-order chi connectivity index (χ0) is 22.1. The first kappa shape index (κ1) is 21.4. The first-order valence-electron chi connectivity index (χ1n) is 8.67. The second-order valence-electron chi connectivity index (χ2n) is 6.50. The SMILES string of the molecule is Cc1cc(/C=N/Nc2ccc(C(F)(F)F)cc2[N+](=O)[O-])c(C)n1-c1ccc(Cl)cc1. The second-order valence-corrected chi connectivity index (χ2v) is 6.93. The maximum Gasteiger partial charge on any atom is 0.416 e. The fourth-order valence-electron chi connectivity index (χ4n) is 3.03. The third kappa shape index (κ3) is 4.46. The summed E-state index contributed by atoms with van der Waals surface area (Å²) in [6, 6.07) is 11.4. The summed E-state index contributed by atoms with van der Waals surface area (Å²) in [7, 11) is 0. The van der Waals surface area contributed by atoms with Gasteiger partial charge in [-0.25, -0.2) is 0 Å². The van der Waals surface area contributed by atoms with Crippen LogP contribution in [0.1, 0.15) is 22.5 Å². The molecule has 1 heterocycles. The minimum atomic E-state index is -4.67. The minimum Gasteiger partial charge on any atom is -0.318 e. The summed E-state index contributed by atoms with van der Waals surface area (Å²) in [6.07, 6.45) is -3.22. The molecule has 1 aromatic heterocycles. The number of alkyl halides is 3. The molecule has 0 aliphatic carbocycles. The standard InChI is InChI=1S/C20H16ClF3N4O2/c1-12-9-14(13(2)27(12)17-6-4-16(21)5-7-17)11-25-26-18-8-3-15(20(22,23)24)10-19(18)28(29)30/h3-11,26H,1-2H3/b25-11+. The molecule has 0 saturated heterocycles. The summed E-state index contributed by atoms with van der Waals surface area (Å²) in [5.74, 6) is 0. The predicted molar refractivity (Wildman–Crippen MR) is 110 cm³/mol. The molecule has 3 rings (SSSR count). The van der Waals surface area contributed by atoms with Gasteiger partial charge in [0.15, 0.2) is 0 Å². The maximum atomic E-state index is 12.8. The highest BCUT2D eigenvalue weighted by Crippen LogP contribution is 2.35. The van der Waals surface area contributed by atoms with Crippen molar-refractivity contribution < 1.29 is 18.1 Å². The van der Waals surface area contributed by atoms with Crippen molar-refractivity contribution in [1.29, 1.82) is 0 Å². The molecule has 6 nitrogen and oxygen atoms in total. The van der Waals surface area contributed by atoms with E-state index in [9.17, 15) is 23.3 Å². The van der Waals surface area contributed by atoms with Crippen LogP contribution in [0.15, 0.2) is 53.6 Å². The summed E-state index contributed by atoms with van der Waals surface area (Å²) in [6.45, 7) is 3.79. The van der Waals surface area contributed by atoms with Gasteiger partial charge in [-0.3, -0.25) is 15.5 Å². The van der Waals surface area contributed by atoms with Crippen LogP contribution >= 0.6 is 11.6 Å². The van der Waals surface area contributed by atoms with Crippen molar-refractivity contribution in [3.8, 4) is 5.69 Å². The molecular formula is C20H16ClF3N4O2. The number of nitrogens with zero attached hydrogens (tertiary/aromatic N) is 3. The van der Waals surface area contributed by atoms with Gasteiger partial charge in [0.05, 0.1) is 16.7 Å². The number of benzene rings is 2. The first-order valence-corrected chi connectivity index (χ1v) is 9.05. The molecule has 2 aromatic carbocycles. The van der Waals surface area contributed by atoms with E-state index >= 15 is 0 Å². The van der Waals surface area contributed by atoms with Crippen molar-refractivity contribution in [3.05, 3.63) is 86.2 Å². The normalized spacial score (nSPS) is 11.8. The van der Waals surface area contributed by atoms with Crippen molar-refractivity contribution in [3.63, 3.8) is 0 Å². The Balaban J connectivity index is 1.87. The Morgan fingerprint density at radius 3 is 2.40 bits per heavy atom. The summed E-state index contributed by atoms with van der Waals surface area (Å²) in [5.41, 5.74) is 3.93. The number of nitro groups is 1. The molecule has 0 spiro atoms. The lowest BCUT2D eigenvalue weighted by Crippen LogP contribution is -2.06. The van der Waals surface area contributed by atoms with Crippen molar-refractivity contribution in [1.82, 2.24) is 4.57 Å². The van der Waals surface area contributed by atoms with Gasteiger partial charge in [-0.2, -0.15) is 18.3 Å². The van der Waals surface area contributed by atoms with Gasteiger partial charge in [0, 0.05) is 33.7 Å². The van der Waals surface area contributed by atoms with Crippen LogP contribution in [0.5, 0.6) is 0 Å². The molecule has 0 radical (unpaired) electrons. The van der Waals surface area contributed by atoms with E-state index in [2.05, 4.69) is 10.5 Å². The molecule has 0 unspecified atom stereocenters. The Morgan fingerprint density at radius 1 is 1.13 bits per heavy atom. The van der Waals surface area contributed by atoms with Gasteiger partial charge >= 0.3 is 6.18 Å². The van der Waals surface area contributed by atoms with Crippen molar-refractivity contribution in [2.24, 2.45) is 5.10 Å². The average molecular weight is 437 g/mol. The van der Waals surface area contributed by atoms with E-state index in [1.54, 1.807) is 12.1 Å². The Hall–Kier alpha value is -3.33. The molecule has 0 saturated carbocycles. The quantitative estimate of drug-likeness (QED) is 0.297. The molecule has 1 N–H and O–H groups in total. The van der Waals surface area contributed by atoms with E-state index in [0.29, 0.717) is 11.1 Å². The molecular weight excluding hydrogens is 421 g/mol. The number of hydrazone groups is 1. The highest BCUT2D eigenvalue weighted by Gasteiger charge is 2.33. The number of hydrogen-bond donors (Lipinski definition) is 1.